The van der Waals surface area contributed by atoms with Gasteiger partial charge in [-0.1, -0.05) is 33.1 Å². The van der Waals surface area contributed by atoms with Crippen molar-refractivity contribution >= 4 is 5.91 Å². The Morgan fingerprint density at radius 1 is 1.19 bits per heavy atom. The topological polar surface area (TPSA) is 43.8 Å². The van der Waals surface area contributed by atoms with Crippen LogP contribution in [0.1, 0.15) is 58.8 Å². The number of carbonyl (C=O) groups excluding carboxylic acids is 1. The fourth-order valence-electron chi connectivity index (χ4n) is 3.88. The molecule has 2 fully saturated rings. The van der Waals surface area contributed by atoms with Gasteiger partial charge in [0.2, 0.25) is 0 Å². The van der Waals surface area contributed by atoms with E-state index in [1.807, 2.05) is 4.90 Å². The van der Waals surface area contributed by atoms with Crippen LogP contribution in [-0.4, -0.2) is 59.1 Å². The number of likely N-dealkylation sites (tertiary alicyclic amines) is 1. The number of amides is 1. The Morgan fingerprint density at radius 2 is 1.86 bits per heavy atom. The first-order valence-corrected chi connectivity index (χ1v) is 8.83. The Balaban J connectivity index is 1.95. The zero-order chi connectivity index (χ0) is 15.3. The lowest BCUT2D eigenvalue weighted by Gasteiger charge is -2.42. The molecule has 0 bridgehead atoms. The van der Waals surface area contributed by atoms with Gasteiger partial charge in [0.1, 0.15) is 0 Å². The molecular formula is C17H32N2O2. The van der Waals surface area contributed by atoms with Gasteiger partial charge in [0.15, 0.2) is 5.60 Å². The molecule has 21 heavy (non-hydrogen) atoms. The minimum absolute atomic E-state index is 0.0220. The van der Waals surface area contributed by atoms with Crippen molar-refractivity contribution in [3.05, 3.63) is 0 Å². The molecular weight excluding hydrogens is 264 g/mol. The summed E-state index contributed by atoms with van der Waals surface area (Å²) in [5, 5.41) is 10.8. The molecule has 1 saturated carbocycles. The molecule has 2 aliphatic rings. The first-order chi connectivity index (χ1) is 10.1. The molecule has 1 aliphatic heterocycles. The lowest BCUT2D eigenvalue weighted by Crippen LogP contribution is -2.59. The molecule has 0 spiro atoms. The molecule has 1 amide bonds. The number of hydrogen-bond donors (Lipinski definition) is 1. The number of likely N-dealkylation sites (N-methyl/N-ethyl adjacent to an activating group) is 1. The smallest absolute Gasteiger partial charge is 0.255 e. The zero-order valence-corrected chi connectivity index (χ0v) is 13.8. The van der Waals surface area contributed by atoms with Gasteiger partial charge in [0.25, 0.3) is 5.91 Å². The molecule has 2 rings (SSSR count). The highest BCUT2D eigenvalue weighted by Gasteiger charge is 2.43. The number of aliphatic hydroxyl groups is 1. The molecule has 4 heteroatoms. The average molecular weight is 296 g/mol. The van der Waals surface area contributed by atoms with Crippen molar-refractivity contribution in [3.63, 3.8) is 0 Å². The van der Waals surface area contributed by atoms with E-state index in [1.165, 1.54) is 32.1 Å². The number of nitrogens with zero attached hydrogens (tertiary/aromatic N) is 2. The number of piperidine rings is 1. The molecule has 1 heterocycles. The van der Waals surface area contributed by atoms with E-state index in [-0.39, 0.29) is 5.91 Å². The van der Waals surface area contributed by atoms with Crippen LogP contribution in [0.5, 0.6) is 0 Å². The fraction of sp³-hybridized carbons (Fsp3) is 0.941. The second-order valence-corrected chi connectivity index (χ2v) is 6.85. The van der Waals surface area contributed by atoms with Gasteiger partial charge in [0.05, 0.1) is 0 Å². The van der Waals surface area contributed by atoms with E-state index in [0.29, 0.717) is 18.9 Å². The molecule has 0 aromatic rings. The maximum atomic E-state index is 12.7. The third-order valence-corrected chi connectivity index (χ3v) is 5.29. The van der Waals surface area contributed by atoms with Crippen molar-refractivity contribution in [1.82, 2.24) is 9.80 Å². The van der Waals surface area contributed by atoms with Crippen LogP contribution in [0.3, 0.4) is 0 Å². The Morgan fingerprint density at radius 3 is 2.48 bits per heavy atom. The second kappa shape index (κ2) is 7.59. The van der Waals surface area contributed by atoms with Gasteiger partial charge in [-0.25, -0.2) is 0 Å². The SMILES string of the molecule is CCN(CC)C[C@]1(O)CCCN(CC2CCCCC2)C1=O. The molecule has 1 saturated heterocycles. The van der Waals surface area contributed by atoms with Crippen LogP contribution in [0, 0.1) is 5.92 Å². The summed E-state index contributed by atoms with van der Waals surface area (Å²) in [6.45, 7) is 8.11. The molecule has 1 aliphatic carbocycles. The van der Waals surface area contributed by atoms with E-state index in [1.54, 1.807) is 0 Å². The van der Waals surface area contributed by atoms with E-state index >= 15 is 0 Å². The third kappa shape index (κ3) is 4.19. The molecule has 1 N–H and O–H groups in total. The lowest BCUT2D eigenvalue weighted by atomic mass is 9.86. The highest BCUT2D eigenvalue weighted by Crippen LogP contribution is 2.29. The molecule has 0 radical (unpaired) electrons. The summed E-state index contributed by atoms with van der Waals surface area (Å²) in [6.07, 6.45) is 7.99. The fourth-order valence-corrected chi connectivity index (χ4v) is 3.88. The van der Waals surface area contributed by atoms with Crippen molar-refractivity contribution in [2.75, 3.05) is 32.7 Å². The zero-order valence-electron chi connectivity index (χ0n) is 13.8. The van der Waals surface area contributed by atoms with Gasteiger partial charge < -0.3 is 14.9 Å². The Hall–Kier alpha value is -0.610. The summed E-state index contributed by atoms with van der Waals surface area (Å²) >= 11 is 0. The van der Waals surface area contributed by atoms with Gasteiger partial charge in [-0.05, 0) is 44.7 Å². The van der Waals surface area contributed by atoms with E-state index < -0.39 is 5.60 Å². The number of hydrogen-bond acceptors (Lipinski definition) is 3. The van der Waals surface area contributed by atoms with Gasteiger partial charge in [0, 0.05) is 19.6 Å². The minimum Gasteiger partial charge on any atom is -0.379 e. The predicted molar refractivity (Wildman–Crippen MR) is 85.1 cm³/mol. The van der Waals surface area contributed by atoms with Crippen LogP contribution in [-0.2, 0) is 4.79 Å². The largest absolute Gasteiger partial charge is 0.379 e. The third-order valence-electron chi connectivity index (χ3n) is 5.29. The summed E-state index contributed by atoms with van der Waals surface area (Å²) in [5.74, 6) is 0.629. The summed E-state index contributed by atoms with van der Waals surface area (Å²) in [6, 6.07) is 0. The van der Waals surface area contributed by atoms with Gasteiger partial charge in [-0.3, -0.25) is 4.79 Å². The van der Waals surface area contributed by atoms with Gasteiger partial charge >= 0.3 is 0 Å². The number of rotatable bonds is 6. The van der Waals surface area contributed by atoms with E-state index in [4.69, 9.17) is 0 Å². The molecule has 122 valence electrons. The van der Waals surface area contributed by atoms with Crippen molar-refractivity contribution in [1.29, 1.82) is 0 Å². The first kappa shape index (κ1) is 16.8. The number of carbonyl (C=O) groups is 1. The molecule has 4 nitrogen and oxygen atoms in total. The molecule has 0 aromatic heterocycles. The highest BCUT2D eigenvalue weighted by atomic mass is 16.3. The van der Waals surface area contributed by atoms with E-state index in [9.17, 15) is 9.90 Å². The molecule has 0 unspecified atom stereocenters. The summed E-state index contributed by atoms with van der Waals surface area (Å²) in [4.78, 5) is 16.8. The van der Waals surface area contributed by atoms with Crippen LogP contribution >= 0.6 is 0 Å². The van der Waals surface area contributed by atoms with Crippen LogP contribution in [0.25, 0.3) is 0 Å². The van der Waals surface area contributed by atoms with E-state index in [2.05, 4.69) is 18.7 Å². The Bertz CT molecular complexity index is 338. The summed E-state index contributed by atoms with van der Waals surface area (Å²) < 4.78 is 0. The van der Waals surface area contributed by atoms with Crippen molar-refractivity contribution in [2.24, 2.45) is 5.92 Å². The lowest BCUT2D eigenvalue weighted by molar-refractivity contribution is -0.160. The van der Waals surface area contributed by atoms with Crippen molar-refractivity contribution < 1.29 is 9.90 Å². The average Bonchev–Trinajstić information content (AvgIpc) is 2.51. The van der Waals surface area contributed by atoms with Crippen LogP contribution in [0.15, 0.2) is 0 Å². The van der Waals surface area contributed by atoms with Crippen LogP contribution in [0.4, 0.5) is 0 Å². The first-order valence-electron chi connectivity index (χ1n) is 8.83. The van der Waals surface area contributed by atoms with Crippen molar-refractivity contribution in [3.8, 4) is 0 Å². The highest BCUT2D eigenvalue weighted by molar-refractivity contribution is 5.86. The second-order valence-electron chi connectivity index (χ2n) is 6.85. The molecule has 1 atom stereocenters. The standard InChI is InChI=1S/C17H32N2O2/c1-3-18(4-2)14-17(21)11-8-12-19(16(17)20)13-15-9-6-5-7-10-15/h15,21H,3-14H2,1-2H3/t17-/m1/s1. The van der Waals surface area contributed by atoms with Gasteiger partial charge in [-0.15, -0.1) is 0 Å². The van der Waals surface area contributed by atoms with Crippen molar-refractivity contribution in [2.45, 2.75) is 64.4 Å². The van der Waals surface area contributed by atoms with Crippen LogP contribution in [0.2, 0.25) is 0 Å². The molecule has 0 aromatic carbocycles. The van der Waals surface area contributed by atoms with E-state index in [0.717, 1.165) is 32.6 Å². The predicted octanol–water partition coefficient (Wildman–Crippen LogP) is 2.26. The Kier molecular flexibility index (Phi) is 6.06. The maximum Gasteiger partial charge on any atom is 0.255 e. The summed E-state index contributed by atoms with van der Waals surface area (Å²) in [5.41, 5.74) is -1.15. The monoisotopic (exact) mass is 296 g/mol. The minimum atomic E-state index is -1.15. The summed E-state index contributed by atoms with van der Waals surface area (Å²) in [7, 11) is 0. The Labute approximate surface area is 129 Å². The van der Waals surface area contributed by atoms with Crippen LogP contribution < -0.4 is 0 Å². The van der Waals surface area contributed by atoms with Gasteiger partial charge in [-0.2, -0.15) is 0 Å². The quantitative estimate of drug-likeness (QED) is 0.817. The maximum absolute atomic E-state index is 12.7. The normalized spacial score (nSPS) is 28.4.